The number of nitrogens with two attached hydrogens (primary N) is 1. The van der Waals surface area contributed by atoms with Crippen molar-refractivity contribution in [2.24, 2.45) is 5.73 Å². The molecule has 1 aromatic carbocycles. The van der Waals surface area contributed by atoms with Crippen LogP contribution in [-0.4, -0.2) is 26.8 Å². The summed E-state index contributed by atoms with van der Waals surface area (Å²) in [5, 5.41) is 7.97. The predicted octanol–water partition coefficient (Wildman–Crippen LogP) is 4.23. The third kappa shape index (κ3) is 5.48. The minimum Gasteiger partial charge on any atom is -0.487 e. The van der Waals surface area contributed by atoms with Gasteiger partial charge >= 0.3 is 0 Å². The summed E-state index contributed by atoms with van der Waals surface area (Å²) in [6, 6.07) is 9.06. The van der Waals surface area contributed by atoms with Crippen molar-refractivity contribution in [2.75, 3.05) is 5.32 Å². The first-order chi connectivity index (χ1) is 15.5. The molecule has 0 saturated heterocycles. The number of rotatable bonds is 8. The number of thiazole rings is 2. The molecule has 0 saturated carbocycles. The normalized spacial score (nSPS) is 11.0. The van der Waals surface area contributed by atoms with Crippen LogP contribution < -0.4 is 15.8 Å². The number of aryl methyl sites for hydroxylation is 1. The van der Waals surface area contributed by atoms with E-state index in [4.69, 9.17) is 10.5 Å². The standard InChI is InChI=1S/C22H19N5O3S2/c1-13-25-16(11-31-13)10-30-17-5-2-14(3-6-17)4-7-20(28)27-22-26-19(12-32-22)15-8-18(21(23)29)24-9-15/h2-9,11-12,24H,10H2,1H3,(H2,23,29)(H,26,27,28)/b7-4+. The van der Waals surface area contributed by atoms with Crippen molar-refractivity contribution in [2.45, 2.75) is 13.5 Å². The summed E-state index contributed by atoms with van der Waals surface area (Å²) >= 11 is 2.88. The number of H-pyrrole nitrogens is 1. The highest BCUT2D eigenvalue weighted by Crippen LogP contribution is 2.25. The van der Waals surface area contributed by atoms with Crippen molar-refractivity contribution in [1.82, 2.24) is 15.0 Å². The van der Waals surface area contributed by atoms with Crippen molar-refractivity contribution < 1.29 is 14.3 Å². The van der Waals surface area contributed by atoms with Crippen LogP contribution in [0.25, 0.3) is 17.3 Å². The van der Waals surface area contributed by atoms with Gasteiger partial charge in [0.1, 0.15) is 18.1 Å². The Hall–Kier alpha value is -3.76. The Kier molecular flexibility index (Phi) is 6.43. The molecular formula is C22H19N5O3S2. The fraction of sp³-hybridized carbons (Fsp3) is 0.0909. The number of ether oxygens (including phenoxy) is 1. The largest absolute Gasteiger partial charge is 0.487 e. The predicted molar refractivity (Wildman–Crippen MR) is 126 cm³/mol. The van der Waals surface area contributed by atoms with Gasteiger partial charge in [-0.15, -0.1) is 22.7 Å². The van der Waals surface area contributed by atoms with Crippen LogP contribution >= 0.6 is 22.7 Å². The maximum absolute atomic E-state index is 12.2. The average molecular weight is 466 g/mol. The Bertz CT molecular complexity index is 1270. The zero-order chi connectivity index (χ0) is 22.5. The minimum absolute atomic E-state index is 0.294. The number of carbonyl (C=O) groups is 2. The van der Waals surface area contributed by atoms with Gasteiger partial charge in [0.05, 0.1) is 16.4 Å². The van der Waals surface area contributed by atoms with Gasteiger partial charge in [0.2, 0.25) is 5.91 Å². The van der Waals surface area contributed by atoms with Crippen molar-refractivity contribution in [1.29, 1.82) is 0 Å². The van der Waals surface area contributed by atoms with E-state index in [1.807, 2.05) is 36.6 Å². The van der Waals surface area contributed by atoms with E-state index in [1.54, 1.807) is 35.1 Å². The second-order valence-electron chi connectivity index (χ2n) is 6.74. The second kappa shape index (κ2) is 9.58. The van der Waals surface area contributed by atoms with E-state index in [-0.39, 0.29) is 5.91 Å². The Morgan fingerprint density at radius 3 is 2.69 bits per heavy atom. The number of aromatic nitrogens is 3. The lowest BCUT2D eigenvalue weighted by atomic mass is 10.2. The summed E-state index contributed by atoms with van der Waals surface area (Å²) in [5.41, 5.74) is 8.68. The quantitative estimate of drug-likeness (QED) is 0.336. The number of aromatic amines is 1. The van der Waals surface area contributed by atoms with Crippen molar-refractivity contribution >= 4 is 45.7 Å². The van der Waals surface area contributed by atoms with E-state index in [1.165, 1.54) is 17.4 Å². The van der Waals surface area contributed by atoms with Gasteiger partial charge < -0.3 is 15.5 Å². The summed E-state index contributed by atoms with van der Waals surface area (Å²) in [6.07, 6.45) is 4.80. The second-order valence-corrected chi connectivity index (χ2v) is 8.66. The number of nitrogens with zero attached hydrogens (tertiary/aromatic N) is 2. The first-order valence-electron chi connectivity index (χ1n) is 9.53. The fourth-order valence-electron chi connectivity index (χ4n) is 2.77. The summed E-state index contributed by atoms with van der Waals surface area (Å²) < 4.78 is 5.72. The van der Waals surface area contributed by atoms with Gasteiger partial charge in [-0.05, 0) is 36.8 Å². The Labute approximate surface area is 191 Å². The molecule has 3 heterocycles. The lowest BCUT2D eigenvalue weighted by Crippen LogP contribution is -2.10. The van der Waals surface area contributed by atoms with Gasteiger partial charge in [0.25, 0.3) is 5.91 Å². The number of primary amides is 1. The van der Waals surface area contributed by atoms with Crippen molar-refractivity contribution in [3.8, 4) is 17.0 Å². The highest BCUT2D eigenvalue weighted by molar-refractivity contribution is 7.14. The van der Waals surface area contributed by atoms with Crippen LogP contribution in [0.3, 0.4) is 0 Å². The third-order valence-corrected chi connectivity index (χ3v) is 5.92. The van der Waals surface area contributed by atoms with E-state index in [0.29, 0.717) is 23.1 Å². The van der Waals surface area contributed by atoms with E-state index in [2.05, 4.69) is 20.3 Å². The Balaban J connectivity index is 1.30. The molecule has 4 N–H and O–H groups in total. The monoisotopic (exact) mass is 465 g/mol. The highest BCUT2D eigenvalue weighted by Gasteiger charge is 2.10. The van der Waals surface area contributed by atoms with Gasteiger partial charge in [-0.3, -0.25) is 14.9 Å². The van der Waals surface area contributed by atoms with E-state index < -0.39 is 5.91 Å². The number of carbonyl (C=O) groups excluding carboxylic acids is 2. The van der Waals surface area contributed by atoms with E-state index >= 15 is 0 Å². The van der Waals surface area contributed by atoms with Gasteiger partial charge in [0.15, 0.2) is 5.13 Å². The molecule has 0 spiro atoms. The minimum atomic E-state index is -0.542. The van der Waals surface area contributed by atoms with Crippen LogP contribution in [0.5, 0.6) is 5.75 Å². The zero-order valence-electron chi connectivity index (χ0n) is 17.0. The SMILES string of the molecule is Cc1nc(COc2ccc(/C=C/C(=O)Nc3nc(-c4c[nH]c(C(N)=O)c4)cs3)cc2)cs1. The molecular weight excluding hydrogens is 446 g/mol. The lowest BCUT2D eigenvalue weighted by Gasteiger charge is -2.04. The summed E-state index contributed by atoms with van der Waals surface area (Å²) in [7, 11) is 0. The maximum Gasteiger partial charge on any atom is 0.265 e. The number of hydrogen-bond donors (Lipinski definition) is 3. The first kappa shape index (κ1) is 21.5. The molecule has 8 nitrogen and oxygen atoms in total. The van der Waals surface area contributed by atoms with Crippen molar-refractivity contribution in [3.05, 3.63) is 75.3 Å². The molecule has 0 unspecified atom stereocenters. The molecule has 0 fully saturated rings. The number of amides is 2. The summed E-state index contributed by atoms with van der Waals surface area (Å²) in [5.74, 6) is -0.104. The smallest absolute Gasteiger partial charge is 0.265 e. The molecule has 32 heavy (non-hydrogen) atoms. The molecule has 0 radical (unpaired) electrons. The fourth-order valence-corrected chi connectivity index (χ4v) is 4.09. The van der Waals surface area contributed by atoms with Crippen LogP contribution in [-0.2, 0) is 11.4 Å². The van der Waals surface area contributed by atoms with Gasteiger partial charge in [-0.1, -0.05) is 12.1 Å². The average Bonchev–Trinajstić information content (AvgIpc) is 3.52. The van der Waals surface area contributed by atoms with Crippen LogP contribution in [0.4, 0.5) is 5.13 Å². The molecule has 0 aliphatic heterocycles. The number of anilines is 1. The molecule has 162 valence electrons. The van der Waals surface area contributed by atoms with Crippen LogP contribution in [0, 0.1) is 6.92 Å². The van der Waals surface area contributed by atoms with Crippen molar-refractivity contribution in [3.63, 3.8) is 0 Å². The molecule has 10 heteroatoms. The van der Waals surface area contributed by atoms with Gasteiger partial charge in [-0.25, -0.2) is 9.97 Å². The maximum atomic E-state index is 12.2. The molecule has 4 rings (SSSR count). The number of benzene rings is 1. The van der Waals surface area contributed by atoms with Crippen LogP contribution in [0.1, 0.15) is 26.8 Å². The van der Waals surface area contributed by atoms with Gasteiger partial charge in [-0.2, -0.15) is 0 Å². The zero-order valence-corrected chi connectivity index (χ0v) is 18.6. The molecule has 2 amide bonds. The lowest BCUT2D eigenvalue weighted by molar-refractivity contribution is -0.111. The Morgan fingerprint density at radius 2 is 2.00 bits per heavy atom. The number of nitrogens with one attached hydrogen (secondary N) is 2. The Morgan fingerprint density at radius 1 is 1.19 bits per heavy atom. The van der Waals surface area contributed by atoms with E-state index in [0.717, 1.165) is 27.6 Å². The summed E-state index contributed by atoms with van der Waals surface area (Å²) in [4.78, 5) is 34.9. The topological polar surface area (TPSA) is 123 Å². The molecule has 0 bridgehead atoms. The highest BCUT2D eigenvalue weighted by atomic mass is 32.1. The molecule has 3 aromatic heterocycles. The number of hydrogen-bond acceptors (Lipinski definition) is 7. The van der Waals surface area contributed by atoms with Crippen LogP contribution in [0.2, 0.25) is 0 Å². The molecule has 0 aliphatic carbocycles. The summed E-state index contributed by atoms with van der Waals surface area (Å²) in [6.45, 7) is 2.38. The van der Waals surface area contributed by atoms with E-state index in [9.17, 15) is 9.59 Å². The van der Waals surface area contributed by atoms with Gasteiger partial charge in [0, 0.05) is 28.6 Å². The first-order valence-corrected chi connectivity index (χ1v) is 11.3. The third-order valence-electron chi connectivity index (χ3n) is 4.34. The molecule has 0 aliphatic rings. The molecule has 4 aromatic rings. The van der Waals surface area contributed by atoms with Crippen LogP contribution in [0.15, 0.2) is 53.4 Å². The molecule has 0 atom stereocenters.